The van der Waals surface area contributed by atoms with Gasteiger partial charge in [0, 0.05) is 19.5 Å². The molecule has 0 spiro atoms. The molecular weight excluding hydrogens is 242 g/mol. The number of rotatable bonds is 6. The van der Waals surface area contributed by atoms with E-state index < -0.39 is 0 Å². The summed E-state index contributed by atoms with van der Waals surface area (Å²) in [6.45, 7) is 3.29. The van der Waals surface area contributed by atoms with E-state index in [1.54, 1.807) is 12.3 Å². The van der Waals surface area contributed by atoms with Crippen molar-refractivity contribution in [1.82, 2.24) is 10.3 Å². The van der Waals surface area contributed by atoms with Crippen molar-refractivity contribution in [3.63, 3.8) is 0 Å². The Morgan fingerprint density at radius 3 is 2.95 bits per heavy atom. The lowest BCUT2D eigenvalue weighted by atomic mass is 10.3. The van der Waals surface area contributed by atoms with Crippen LogP contribution in [-0.4, -0.2) is 24.0 Å². The average molecular weight is 259 g/mol. The summed E-state index contributed by atoms with van der Waals surface area (Å²) in [5.41, 5.74) is 0.415. The van der Waals surface area contributed by atoms with Gasteiger partial charge in [-0.05, 0) is 31.2 Å². The topological polar surface area (TPSA) is 67.2 Å². The van der Waals surface area contributed by atoms with Crippen LogP contribution in [0.1, 0.15) is 23.2 Å². The predicted octanol–water partition coefficient (Wildman–Crippen LogP) is 2.08. The van der Waals surface area contributed by atoms with Crippen LogP contribution < -0.4 is 10.6 Å². The Morgan fingerprint density at radius 2 is 2.21 bits per heavy atom. The van der Waals surface area contributed by atoms with Gasteiger partial charge in [0.15, 0.2) is 0 Å². The summed E-state index contributed by atoms with van der Waals surface area (Å²) in [4.78, 5) is 16.1. The molecule has 0 bridgehead atoms. The highest BCUT2D eigenvalue weighted by molar-refractivity contribution is 5.92. The minimum absolute atomic E-state index is 0.175. The molecule has 5 heteroatoms. The Labute approximate surface area is 112 Å². The first-order valence-corrected chi connectivity index (χ1v) is 6.31. The second kappa shape index (κ2) is 6.58. The lowest BCUT2D eigenvalue weighted by Crippen LogP contribution is -2.26. The van der Waals surface area contributed by atoms with Crippen LogP contribution in [0.5, 0.6) is 0 Å². The smallest absolute Gasteiger partial charge is 0.269 e. The summed E-state index contributed by atoms with van der Waals surface area (Å²) in [5, 5.41) is 5.89. The van der Waals surface area contributed by atoms with E-state index in [1.165, 1.54) is 0 Å². The average Bonchev–Trinajstić information content (AvgIpc) is 2.92. The molecule has 0 unspecified atom stereocenters. The molecule has 0 aliphatic carbocycles. The van der Waals surface area contributed by atoms with Gasteiger partial charge in [0.1, 0.15) is 17.3 Å². The molecule has 2 N–H and O–H groups in total. The number of pyridine rings is 1. The van der Waals surface area contributed by atoms with Gasteiger partial charge in [-0.2, -0.15) is 0 Å². The van der Waals surface area contributed by atoms with E-state index >= 15 is 0 Å². The summed E-state index contributed by atoms with van der Waals surface area (Å²) in [7, 11) is 0. The Kier molecular flexibility index (Phi) is 4.55. The van der Waals surface area contributed by atoms with E-state index in [1.807, 2.05) is 31.2 Å². The number of hydrogen-bond donors (Lipinski definition) is 2. The molecule has 19 heavy (non-hydrogen) atoms. The summed E-state index contributed by atoms with van der Waals surface area (Å²) >= 11 is 0. The number of carbonyl (C=O) groups excluding carboxylic acids is 1. The largest absolute Gasteiger partial charge is 0.469 e. The molecule has 0 aliphatic rings. The number of aromatic nitrogens is 1. The first-order chi connectivity index (χ1) is 9.29. The van der Waals surface area contributed by atoms with Crippen LogP contribution in [0, 0.1) is 0 Å². The van der Waals surface area contributed by atoms with Crippen molar-refractivity contribution in [3.8, 4) is 0 Å². The van der Waals surface area contributed by atoms with Crippen LogP contribution in [0.4, 0.5) is 5.82 Å². The maximum absolute atomic E-state index is 11.9. The number of carbonyl (C=O) groups is 1. The molecule has 0 radical (unpaired) electrons. The molecule has 2 rings (SSSR count). The SMILES string of the molecule is CCNc1cccc(C(=O)NCCc2ccco2)n1. The molecule has 0 saturated carbocycles. The van der Waals surface area contributed by atoms with Crippen LogP contribution in [-0.2, 0) is 6.42 Å². The summed E-state index contributed by atoms with van der Waals surface area (Å²) in [5.74, 6) is 1.39. The van der Waals surface area contributed by atoms with E-state index in [4.69, 9.17) is 4.42 Å². The predicted molar refractivity (Wildman–Crippen MR) is 73.1 cm³/mol. The number of nitrogens with zero attached hydrogens (tertiary/aromatic N) is 1. The molecule has 0 saturated heterocycles. The highest BCUT2D eigenvalue weighted by Crippen LogP contribution is 2.04. The standard InChI is InChI=1S/C14H17N3O2/c1-2-15-13-7-3-6-12(17-13)14(18)16-9-8-11-5-4-10-19-11/h3-7,10H,2,8-9H2,1H3,(H,15,17)(H,16,18). The molecule has 0 aromatic carbocycles. The van der Waals surface area contributed by atoms with Crippen molar-refractivity contribution in [2.24, 2.45) is 0 Å². The van der Waals surface area contributed by atoms with Gasteiger partial charge in [0.25, 0.3) is 5.91 Å². The number of amides is 1. The summed E-state index contributed by atoms with van der Waals surface area (Å²) < 4.78 is 5.20. The zero-order chi connectivity index (χ0) is 13.5. The second-order valence-corrected chi connectivity index (χ2v) is 4.02. The third-order valence-corrected chi connectivity index (χ3v) is 2.58. The van der Waals surface area contributed by atoms with Crippen molar-refractivity contribution in [1.29, 1.82) is 0 Å². The van der Waals surface area contributed by atoms with Gasteiger partial charge in [-0.15, -0.1) is 0 Å². The number of anilines is 1. The zero-order valence-electron chi connectivity index (χ0n) is 10.8. The normalized spacial score (nSPS) is 10.2. The molecule has 5 nitrogen and oxygen atoms in total. The Bertz CT molecular complexity index is 523. The van der Waals surface area contributed by atoms with Crippen LogP contribution in [0.2, 0.25) is 0 Å². The summed E-state index contributed by atoms with van der Waals surface area (Å²) in [6.07, 6.45) is 2.30. The maximum atomic E-state index is 11.9. The van der Waals surface area contributed by atoms with Gasteiger partial charge in [-0.25, -0.2) is 4.98 Å². The minimum Gasteiger partial charge on any atom is -0.469 e. The number of hydrogen-bond acceptors (Lipinski definition) is 4. The van der Waals surface area contributed by atoms with Crippen molar-refractivity contribution in [2.75, 3.05) is 18.4 Å². The third-order valence-electron chi connectivity index (χ3n) is 2.58. The molecule has 100 valence electrons. The van der Waals surface area contributed by atoms with Gasteiger partial charge >= 0.3 is 0 Å². The first kappa shape index (κ1) is 13.1. The fourth-order valence-electron chi connectivity index (χ4n) is 1.69. The molecule has 2 aromatic heterocycles. The third kappa shape index (κ3) is 3.84. The van der Waals surface area contributed by atoms with Crippen molar-refractivity contribution in [2.45, 2.75) is 13.3 Å². The molecule has 2 aromatic rings. The van der Waals surface area contributed by atoms with Crippen LogP contribution >= 0.6 is 0 Å². The van der Waals surface area contributed by atoms with Crippen LogP contribution in [0.25, 0.3) is 0 Å². The quantitative estimate of drug-likeness (QED) is 0.833. The van der Waals surface area contributed by atoms with E-state index in [9.17, 15) is 4.79 Å². The lowest BCUT2D eigenvalue weighted by Gasteiger charge is -2.06. The fourth-order valence-corrected chi connectivity index (χ4v) is 1.69. The van der Waals surface area contributed by atoms with E-state index in [2.05, 4.69) is 15.6 Å². The van der Waals surface area contributed by atoms with Gasteiger partial charge in [-0.1, -0.05) is 6.07 Å². The Balaban J connectivity index is 1.87. The molecular formula is C14H17N3O2. The van der Waals surface area contributed by atoms with Gasteiger partial charge in [-0.3, -0.25) is 4.79 Å². The molecule has 0 aliphatic heterocycles. The Hall–Kier alpha value is -2.30. The van der Waals surface area contributed by atoms with E-state index in [-0.39, 0.29) is 5.91 Å². The van der Waals surface area contributed by atoms with Gasteiger partial charge in [0.2, 0.25) is 0 Å². The number of furan rings is 1. The van der Waals surface area contributed by atoms with Crippen LogP contribution in [0.3, 0.4) is 0 Å². The highest BCUT2D eigenvalue weighted by Gasteiger charge is 2.07. The van der Waals surface area contributed by atoms with Gasteiger partial charge < -0.3 is 15.1 Å². The monoisotopic (exact) mass is 259 g/mol. The van der Waals surface area contributed by atoms with Crippen molar-refractivity contribution in [3.05, 3.63) is 48.0 Å². The maximum Gasteiger partial charge on any atom is 0.269 e. The Morgan fingerprint density at radius 1 is 1.32 bits per heavy atom. The van der Waals surface area contributed by atoms with Gasteiger partial charge in [0.05, 0.1) is 6.26 Å². The van der Waals surface area contributed by atoms with Crippen LogP contribution in [0.15, 0.2) is 41.0 Å². The minimum atomic E-state index is -0.175. The lowest BCUT2D eigenvalue weighted by molar-refractivity contribution is 0.0949. The molecule has 0 fully saturated rings. The second-order valence-electron chi connectivity index (χ2n) is 4.02. The molecule has 1 amide bonds. The summed E-state index contributed by atoms with van der Waals surface area (Å²) in [6, 6.07) is 9.06. The highest BCUT2D eigenvalue weighted by atomic mass is 16.3. The molecule has 0 atom stereocenters. The first-order valence-electron chi connectivity index (χ1n) is 6.31. The molecule has 2 heterocycles. The van der Waals surface area contributed by atoms with E-state index in [0.717, 1.165) is 12.3 Å². The fraction of sp³-hybridized carbons (Fsp3) is 0.286. The van der Waals surface area contributed by atoms with Crippen molar-refractivity contribution >= 4 is 11.7 Å². The number of nitrogens with one attached hydrogen (secondary N) is 2. The van der Waals surface area contributed by atoms with Crippen molar-refractivity contribution < 1.29 is 9.21 Å². The van der Waals surface area contributed by atoms with E-state index in [0.29, 0.717) is 24.5 Å². The zero-order valence-corrected chi connectivity index (χ0v) is 10.8.